The summed E-state index contributed by atoms with van der Waals surface area (Å²) in [4.78, 5) is 0. The number of hydrogen-bond acceptors (Lipinski definition) is 0. The Kier molecular flexibility index (Phi) is 2.77. The SMILES string of the molecule is CC([OH2+])c1ccc(Cl)c(Cl)c1. The lowest BCUT2D eigenvalue weighted by atomic mass is 10.1. The molecule has 0 aromatic heterocycles. The smallest absolute Gasteiger partial charge is 0.177 e. The van der Waals surface area contributed by atoms with Gasteiger partial charge < -0.3 is 5.11 Å². The molecule has 0 spiro atoms. The Morgan fingerprint density at radius 2 is 1.91 bits per heavy atom. The maximum Gasteiger partial charge on any atom is 0.177 e. The molecule has 0 aliphatic heterocycles. The summed E-state index contributed by atoms with van der Waals surface area (Å²) >= 11 is 11.4. The third-order valence-corrected chi connectivity index (χ3v) is 2.18. The normalized spacial score (nSPS) is 13.1. The summed E-state index contributed by atoms with van der Waals surface area (Å²) in [7, 11) is 0. The Bertz CT molecular complexity index is 258. The van der Waals surface area contributed by atoms with Gasteiger partial charge in [-0.15, -0.1) is 0 Å². The lowest BCUT2D eigenvalue weighted by molar-refractivity contribution is 0.199. The van der Waals surface area contributed by atoms with Crippen LogP contribution in [0.15, 0.2) is 18.2 Å². The zero-order chi connectivity index (χ0) is 8.43. The monoisotopic (exact) mass is 191 g/mol. The van der Waals surface area contributed by atoms with E-state index >= 15 is 0 Å². The molecule has 0 saturated heterocycles. The molecule has 1 nitrogen and oxygen atoms in total. The fourth-order valence-electron chi connectivity index (χ4n) is 0.782. The molecule has 2 N–H and O–H groups in total. The molecule has 0 heterocycles. The molecule has 1 aromatic carbocycles. The van der Waals surface area contributed by atoms with E-state index < -0.39 is 0 Å². The summed E-state index contributed by atoms with van der Waals surface area (Å²) in [6.07, 6.45) is -0.246. The van der Waals surface area contributed by atoms with E-state index in [0.717, 1.165) is 5.56 Å². The van der Waals surface area contributed by atoms with Gasteiger partial charge in [0, 0.05) is 12.5 Å². The van der Waals surface area contributed by atoms with Crippen molar-refractivity contribution in [3.05, 3.63) is 33.8 Å². The van der Waals surface area contributed by atoms with Gasteiger partial charge in [0.2, 0.25) is 0 Å². The van der Waals surface area contributed by atoms with E-state index in [1.54, 1.807) is 19.1 Å². The third-order valence-electron chi connectivity index (χ3n) is 1.44. The lowest BCUT2D eigenvalue weighted by Crippen LogP contribution is -1.89. The van der Waals surface area contributed by atoms with Crippen LogP contribution in [0.4, 0.5) is 0 Å². The van der Waals surface area contributed by atoms with Gasteiger partial charge in [-0.05, 0) is 18.2 Å². The van der Waals surface area contributed by atoms with Crippen LogP contribution in [0.1, 0.15) is 18.6 Å². The molecule has 0 bridgehead atoms. The Morgan fingerprint density at radius 1 is 1.27 bits per heavy atom. The molecule has 0 amide bonds. The average Bonchev–Trinajstić information content (AvgIpc) is 1.94. The van der Waals surface area contributed by atoms with Crippen LogP contribution in [0, 0.1) is 0 Å². The van der Waals surface area contributed by atoms with Crippen LogP contribution in [0.25, 0.3) is 0 Å². The van der Waals surface area contributed by atoms with Crippen molar-refractivity contribution in [2.45, 2.75) is 13.0 Å². The second-order valence-electron chi connectivity index (χ2n) is 2.40. The Balaban J connectivity index is 3.05. The highest BCUT2D eigenvalue weighted by Crippen LogP contribution is 2.25. The molecule has 1 unspecified atom stereocenters. The topological polar surface area (TPSA) is 22.9 Å². The van der Waals surface area contributed by atoms with Crippen molar-refractivity contribution in [2.24, 2.45) is 0 Å². The van der Waals surface area contributed by atoms with Crippen molar-refractivity contribution in [3.8, 4) is 0 Å². The van der Waals surface area contributed by atoms with Gasteiger partial charge in [-0.2, -0.15) is 0 Å². The summed E-state index contributed by atoms with van der Waals surface area (Å²) in [5.41, 5.74) is 0.888. The Labute approximate surface area is 75.6 Å². The fourth-order valence-corrected chi connectivity index (χ4v) is 1.09. The minimum absolute atomic E-state index is 0.246. The highest BCUT2D eigenvalue weighted by atomic mass is 35.5. The largest absolute Gasteiger partial charge is 0.440 e. The molecule has 1 atom stereocenters. The standard InChI is InChI=1S/C8H8Cl2O/c1-5(11)6-2-3-7(9)8(10)4-6/h2-5,11H,1H3/p+1. The van der Waals surface area contributed by atoms with Crippen LogP contribution in [0.5, 0.6) is 0 Å². The van der Waals surface area contributed by atoms with Gasteiger partial charge in [-0.1, -0.05) is 23.2 Å². The van der Waals surface area contributed by atoms with Crippen LogP contribution in [-0.4, -0.2) is 5.11 Å². The van der Waals surface area contributed by atoms with E-state index in [2.05, 4.69) is 0 Å². The first kappa shape index (κ1) is 8.85. The minimum atomic E-state index is -0.246. The molecule has 0 saturated carbocycles. The Morgan fingerprint density at radius 3 is 2.36 bits per heavy atom. The predicted octanol–water partition coefficient (Wildman–Crippen LogP) is 2.78. The second-order valence-corrected chi connectivity index (χ2v) is 3.21. The van der Waals surface area contributed by atoms with Crippen LogP contribution in [0.3, 0.4) is 0 Å². The van der Waals surface area contributed by atoms with Gasteiger partial charge in [-0.3, -0.25) is 0 Å². The molecule has 0 aliphatic rings. The van der Waals surface area contributed by atoms with Gasteiger partial charge in [-0.25, -0.2) is 0 Å². The highest BCUT2D eigenvalue weighted by Gasteiger charge is 2.06. The first-order chi connectivity index (χ1) is 5.11. The predicted molar refractivity (Wildman–Crippen MR) is 48.5 cm³/mol. The van der Waals surface area contributed by atoms with Crippen LogP contribution < -0.4 is 0 Å². The van der Waals surface area contributed by atoms with Gasteiger partial charge in [0.25, 0.3) is 0 Å². The summed E-state index contributed by atoms with van der Waals surface area (Å²) in [6, 6.07) is 5.25. The van der Waals surface area contributed by atoms with E-state index in [9.17, 15) is 0 Å². The van der Waals surface area contributed by atoms with Crippen molar-refractivity contribution >= 4 is 23.2 Å². The van der Waals surface area contributed by atoms with E-state index in [1.165, 1.54) is 0 Å². The minimum Gasteiger partial charge on any atom is -0.440 e. The maximum absolute atomic E-state index is 7.38. The zero-order valence-electron chi connectivity index (χ0n) is 6.07. The molecular formula is C8H9Cl2O+. The second kappa shape index (κ2) is 3.44. The van der Waals surface area contributed by atoms with Crippen molar-refractivity contribution in [1.82, 2.24) is 0 Å². The quantitative estimate of drug-likeness (QED) is 0.610. The van der Waals surface area contributed by atoms with Crippen LogP contribution in [-0.2, 0) is 0 Å². The summed E-state index contributed by atoms with van der Waals surface area (Å²) in [5, 5.41) is 8.44. The number of benzene rings is 1. The summed E-state index contributed by atoms with van der Waals surface area (Å²) in [6.45, 7) is 1.79. The van der Waals surface area contributed by atoms with Gasteiger partial charge in [0.05, 0.1) is 10.0 Å². The summed E-state index contributed by atoms with van der Waals surface area (Å²) < 4.78 is 0. The molecule has 0 aliphatic carbocycles. The van der Waals surface area contributed by atoms with Crippen molar-refractivity contribution in [1.29, 1.82) is 0 Å². The van der Waals surface area contributed by atoms with Crippen LogP contribution >= 0.6 is 23.2 Å². The van der Waals surface area contributed by atoms with Crippen molar-refractivity contribution in [3.63, 3.8) is 0 Å². The molecule has 0 radical (unpaired) electrons. The van der Waals surface area contributed by atoms with Gasteiger partial charge >= 0.3 is 0 Å². The van der Waals surface area contributed by atoms with E-state index in [1.807, 2.05) is 6.07 Å². The first-order valence-corrected chi connectivity index (χ1v) is 4.03. The lowest BCUT2D eigenvalue weighted by Gasteiger charge is -2.01. The van der Waals surface area contributed by atoms with Crippen molar-refractivity contribution in [2.75, 3.05) is 0 Å². The molecule has 1 aromatic rings. The Hall–Kier alpha value is -0.240. The number of rotatable bonds is 1. The average molecular weight is 192 g/mol. The molecule has 1 rings (SSSR count). The molecule has 11 heavy (non-hydrogen) atoms. The van der Waals surface area contributed by atoms with E-state index in [4.69, 9.17) is 28.3 Å². The number of hydrogen-bond donors (Lipinski definition) is 0. The number of halogens is 2. The molecule has 3 heteroatoms. The maximum atomic E-state index is 7.38. The van der Waals surface area contributed by atoms with E-state index in [0.29, 0.717) is 10.0 Å². The molecule has 0 fully saturated rings. The third kappa shape index (κ3) is 2.09. The van der Waals surface area contributed by atoms with Gasteiger partial charge in [0.1, 0.15) is 0 Å². The first-order valence-electron chi connectivity index (χ1n) is 3.27. The van der Waals surface area contributed by atoms with Crippen LogP contribution in [0.2, 0.25) is 10.0 Å². The van der Waals surface area contributed by atoms with Crippen molar-refractivity contribution < 1.29 is 5.11 Å². The highest BCUT2D eigenvalue weighted by molar-refractivity contribution is 6.42. The zero-order valence-corrected chi connectivity index (χ0v) is 7.58. The molecule has 60 valence electrons. The van der Waals surface area contributed by atoms with E-state index in [-0.39, 0.29) is 6.10 Å². The summed E-state index contributed by atoms with van der Waals surface area (Å²) in [5.74, 6) is 0. The van der Waals surface area contributed by atoms with Gasteiger partial charge in [0.15, 0.2) is 6.10 Å². The molecular weight excluding hydrogens is 183 g/mol. The fraction of sp³-hybridized carbons (Fsp3) is 0.250.